The monoisotopic (exact) mass is 651 g/mol. The molecule has 7 N–H and O–H groups in total. The first-order chi connectivity index (χ1) is 21.2. The number of allylic oxidation sites excluding steroid dienone is 1. The van der Waals surface area contributed by atoms with Crippen LogP contribution in [0.3, 0.4) is 0 Å². The smallest absolute Gasteiger partial charge is 0.333 e. The number of ether oxygens (including phenoxy) is 2. The van der Waals surface area contributed by atoms with E-state index in [0.29, 0.717) is 50.1 Å². The molecule has 7 rings (SSSR count). The Balaban J connectivity index is 0.000000879. The summed E-state index contributed by atoms with van der Waals surface area (Å²) >= 11 is 0. The molecule has 7 fully saturated rings. The molecule has 260 valence electrons. The largest absolute Gasteiger partial charge is 0.481 e. The molecule has 0 aromatic rings. The molecule has 0 amide bonds. The Bertz CT molecular complexity index is 1320. The zero-order valence-corrected chi connectivity index (χ0v) is 27.9. The molecule has 4 bridgehead atoms. The highest BCUT2D eigenvalue weighted by Gasteiger charge is 2.88. The van der Waals surface area contributed by atoms with E-state index in [4.69, 9.17) is 19.4 Å². The molecule has 3 saturated heterocycles. The van der Waals surface area contributed by atoms with Gasteiger partial charge in [0.05, 0.1) is 11.7 Å². The fourth-order valence-corrected chi connectivity index (χ4v) is 11.8. The van der Waals surface area contributed by atoms with Crippen LogP contribution in [0.1, 0.15) is 92.9 Å². The minimum Gasteiger partial charge on any atom is -0.481 e. The number of aliphatic hydroxyl groups excluding tert-OH is 1. The van der Waals surface area contributed by atoms with Gasteiger partial charge in [-0.05, 0) is 65.2 Å². The van der Waals surface area contributed by atoms with Crippen molar-refractivity contribution in [2.45, 2.75) is 145 Å². The fourth-order valence-electron chi connectivity index (χ4n) is 11.8. The fraction of sp³-hybridized carbons (Fsp3) is 0.882. The summed E-state index contributed by atoms with van der Waals surface area (Å²) in [6, 6.07) is -0.387. The third-order valence-corrected chi connectivity index (χ3v) is 14.1. The molecule has 4 saturated carbocycles. The van der Waals surface area contributed by atoms with E-state index in [1.54, 1.807) is 26.8 Å². The van der Waals surface area contributed by atoms with Crippen LogP contribution < -0.4 is 0 Å². The van der Waals surface area contributed by atoms with Gasteiger partial charge in [0.25, 0.3) is 5.97 Å². The number of piperidine rings is 2. The molecule has 14 atom stereocenters. The Morgan fingerprint density at radius 1 is 0.913 bits per heavy atom. The number of esters is 1. The maximum Gasteiger partial charge on any atom is 0.333 e. The lowest BCUT2D eigenvalue weighted by atomic mass is 9.49. The minimum absolute atomic E-state index is 0.0606. The van der Waals surface area contributed by atoms with Crippen LogP contribution in [-0.2, 0) is 19.1 Å². The summed E-state index contributed by atoms with van der Waals surface area (Å²) < 4.78 is 12.6. The van der Waals surface area contributed by atoms with Crippen molar-refractivity contribution in [3.63, 3.8) is 0 Å². The Morgan fingerprint density at radius 2 is 1.54 bits per heavy atom. The summed E-state index contributed by atoms with van der Waals surface area (Å²) in [6.45, 7) is 11.1. The van der Waals surface area contributed by atoms with E-state index in [-0.39, 0.29) is 25.4 Å². The third kappa shape index (κ3) is 4.01. The molecule has 4 aliphatic carbocycles. The Hall–Kier alpha value is -1.64. The lowest BCUT2D eigenvalue weighted by molar-refractivity contribution is -0.354. The summed E-state index contributed by atoms with van der Waals surface area (Å²) in [5.41, 5.74) is -8.96. The SMILES string of the molecule is C/C=C(/C)C(=O)O[C@H]1CC[C@@]2(C)[C@@H]3CC[C@H]4[C@]5(O)C[C@H](O)[C@@]6(O)[C@@H](CN7C[C@@H](C)CC[C@H]7[C@@]6(C)O)[C@]5(O)C[C@@]42OC13O.CC(=O)O. The van der Waals surface area contributed by atoms with Crippen LogP contribution in [0.15, 0.2) is 11.6 Å². The van der Waals surface area contributed by atoms with Gasteiger partial charge >= 0.3 is 5.97 Å². The number of rotatable bonds is 2. The van der Waals surface area contributed by atoms with E-state index in [0.717, 1.165) is 13.3 Å². The normalized spacial score (nSPS) is 55.6. The molecule has 7 aliphatic rings. The van der Waals surface area contributed by atoms with Crippen molar-refractivity contribution in [3.8, 4) is 0 Å². The molecular weight excluding hydrogens is 598 g/mol. The van der Waals surface area contributed by atoms with Crippen molar-refractivity contribution in [1.29, 1.82) is 0 Å². The molecule has 12 nitrogen and oxygen atoms in total. The minimum atomic E-state index is -2.06. The Kier molecular flexibility index (Phi) is 7.76. The average molecular weight is 652 g/mol. The van der Waals surface area contributed by atoms with Crippen molar-refractivity contribution >= 4 is 11.9 Å². The van der Waals surface area contributed by atoms with Crippen LogP contribution in [0.5, 0.6) is 0 Å². The number of hydrogen-bond donors (Lipinski definition) is 7. The number of carboxylic acids is 1. The van der Waals surface area contributed by atoms with Crippen LogP contribution in [-0.4, -0.2) is 118 Å². The Morgan fingerprint density at radius 3 is 2.17 bits per heavy atom. The van der Waals surface area contributed by atoms with Gasteiger partial charge in [0.1, 0.15) is 22.4 Å². The number of aliphatic hydroxyl groups is 6. The second-order valence-electron chi connectivity index (χ2n) is 16.2. The van der Waals surface area contributed by atoms with Gasteiger partial charge in [0, 0.05) is 67.6 Å². The van der Waals surface area contributed by atoms with Crippen LogP contribution in [0.2, 0.25) is 0 Å². The highest BCUT2D eigenvalue weighted by Crippen LogP contribution is 2.78. The standard InChI is InChI=1S/C32H49NO9.C2H4O2/c1-6-18(3)25(35)41-24-11-12-26(4)19-8-9-20-28(37)13-23(34)31(39)21(29(28,38)16-30(20,26)42-32(19,24)40)15-33-14-17(2)7-10-22(33)27(31,5)36;1-2(3)4/h6,17,19-24,34,36-40H,7-16H2,1-5H3;1H3,(H,3,4)/b18-6-;/t17-,19-,20-,21-,22-,23-,24-,26-,27+,28+,29+,30+,31-,32?;/m0./s1. The number of hydrogen-bond acceptors (Lipinski definition) is 11. The van der Waals surface area contributed by atoms with Gasteiger partial charge < -0.3 is 45.2 Å². The maximum absolute atomic E-state index is 12.9. The van der Waals surface area contributed by atoms with E-state index in [1.807, 2.05) is 6.92 Å². The second-order valence-corrected chi connectivity index (χ2v) is 16.2. The first-order valence-electron chi connectivity index (χ1n) is 17.0. The molecule has 1 unspecified atom stereocenters. The number of carboxylic acid groups (broad SMARTS) is 1. The van der Waals surface area contributed by atoms with Gasteiger partial charge in [-0.1, -0.05) is 19.9 Å². The number of carbonyl (C=O) groups is 2. The Labute approximate surface area is 270 Å². The van der Waals surface area contributed by atoms with Gasteiger partial charge in [0.2, 0.25) is 5.79 Å². The lowest BCUT2D eigenvalue weighted by Crippen LogP contribution is -2.85. The molecule has 3 aliphatic heterocycles. The van der Waals surface area contributed by atoms with Gasteiger partial charge in [-0.25, -0.2) is 4.79 Å². The van der Waals surface area contributed by atoms with E-state index in [9.17, 15) is 35.4 Å². The first-order valence-corrected chi connectivity index (χ1v) is 17.0. The van der Waals surface area contributed by atoms with Crippen LogP contribution in [0.25, 0.3) is 0 Å². The molecule has 1 spiro atoms. The number of aliphatic carboxylic acids is 1. The summed E-state index contributed by atoms with van der Waals surface area (Å²) in [4.78, 5) is 23.9. The zero-order valence-electron chi connectivity index (χ0n) is 27.9. The summed E-state index contributed by atoms with van der Waals surface area (Å²) in [5.74, 6) is -4.88. The number of fused-ring (bicyclic) bond motifs is 5. The van der Waals surface area contributed by atoms with E-state index < -0.39 is 81.1 Å². The van der Waals surface area contributed by atoms with Crippen LogP contribution in [0.4, 0.5) is 0 Å². The number of carbonyl (C=O) groups excluding carboxylic acids is 1. The topological polar surface area (TPSA) is 197 Å². The number of nitrogens with zero attached hydrogens (tertiary/aromatic N) is 1. The summed E-state index contributed by atoms with van der Waals surface area (Å²) in [7, 11) is 0. The van der Waals surface area contributed by atoms with E-state index in [1.165, 1.54) is 0 Å². The molecule has 0 radical (unpaired) electrons. The van der Waals surface area contributed by atoms with E-state index in [2.05, 4.69) is 11.8 Å². The van der Waals surface area contributed by atoms with Crippen LogP contribution in [0, 0.1) is 29.1 Å². The summed E-state index contributed by atoms with van der Waals surface area (Å²) in [5, 5.41) is 81.4. The van der Waals surface area contributed by atoms with Crippen molar-refractivity contribution < 1.29 is 54.8 Å². The van der Waals surface area contributed by atoms with Crippen molar-refractivity contribution in [1.82, 2.24) is 4.90 Å². The highest BCUT2D eigenvalue weighted by atomic mass is 16.7. The molecular formula is C34H53NO11. The molecule has 0 aromatic carbocycles. The van der Waals surface area contributed by atoms with Gasteiger partial charge in [-0.2, -0.15) is 0 Å². The van der Waals surface area contributed by atoms with Gasteiger partial charge in [-0.15, -0.1) is 0 Å². The molecule has 3 heterocycles. The highest BCUT2D eigenvalue weighted by molar-refractivity contribution is 5.87. The lowest BCUT2D eigenvalue weighted by Gasteiger charge is -2.68. The van der Waals surface area contributed by atoms with Crippen molar-refractivity contribution in [3.05, 3.63) is 11.6 Å². The molecule has 0 aromatic heterocycles. The summed E-state index contributed by atoms with van der Waals surface area (Å²) in [6.07, 6.45) is 2.30. The van der Waals surface area contributed by atoms with Crippen molar-refractivity contribution in [2.24, 2.45) is 29.1 Å². The van der Waals surface area contributed by atoms with Gasteiger partial charge in [0.15, 0.2) is 6.10 Å². The predicted molar refractivity (Wildman–Crippen MR) is 163 cm³/mol. The zero-order chi connectivity index (χ0) is 34.0. The maximum atomic E-state index is 12.9. The quantitative estimate of drug-likeness (QED) is 0.166. The second kappa shape index (κ2) is 10.4. The predicted octanol–water partition coefficient (Wildman–Crippen LogP) is 1.08. The van der Waals surface area contributed by atoms with Gasteiger partial charge in [-0.3, -0.25) is 9.69 Å². The van der Waals surface area contributed by atoms with Crippen LogP contribution >= 0.6 is 0 Å². The third-order valence-electron chi connectivity index (χ3n) is 14.1. The molecule has 46 heavy (non-hydrogen) atoms. The first kappa shape index (κ1) is 34.2. The van der Waals surface area contributed by atoms with Crippen molar-refractivity contribution in [2.75, 3.05) is 13.1 Å². The van der Waals surface area contributed by atoms with E-state index >= 15 is 0 Å². The molecule has 12 heteroatoms. The average Bonchev–Trinajstić information content (AvgIpc) is 3.13.